The van der Waals surface area contributed by atoms with Crippen LogP contribution in [0.5, 0.6) is 0 Å². The third-order valence-corrected chi connectivity index (χ3v) is 3.95. The highest BCUT2D eigenvalue weighted by atomic mass is 16.4. The first-order valence-corrected chi connectivity index (χ1v) is 6.65. The molecule has 0 amide bonds. The number of aromatic nitrogens is 3. The van der Waals surface area contributed by atoms with Crippen LogP contribution < -0.4 is 0 Å². The molecule has 0 aliphatic heterocycles. The van der Waals surface area contributed by atoms with Crippen LogP contribution in [-0.4, -0.2) is 26.3 Å². The summed E-state index contributed by atoms with van der Waals surface area (Å²) in [7, 11) is 0. The van der Waals surface area contributed by atoms with Gasteiger partial charge in [-0.15, -0.1) is 0 Å². The zero-order valence-electron chi connectivity index (χ0n) is 10.7. The first kappa shape index (κ1) is 11.3. The van der Waals surface area contributed by atoms with Gasteiger partial charge in [0.2, 0.25) is 0 Å². The molecule has 1 aromatic carbocycles. The van der Waals surface area contributed by atoms with Crippen LogP contribution in [0.4, 0.5) is 0 Å². The minimum atomic E-state index is -0.993. The number of aryl methyl sites for hydroxylation is 2. The molecule has 0 fully saturated rings. The molecule has 0 radical (unpaired) electrons. The van der Waals surface area contributed by atoms with E-state index in [1.165, 1.54) is 23.1 Å². The monoisotopic (exact) mass is 267 g/mol. The van der Waals surface area contributed by atoms with Crippen molar-refractivity contribution in [2.75, 3.05) is 0 Å². The molecular weight excluding hydrogens is 254 g/mol. The number of nitrogens with zero attached hydrogens (tertiary/aromatic N) is 1. The summed E-state index contributed by atoms with van der Waals surface area (Å²) >= 11 is 0. The number of aromatic amines is 2. The number of benzene rings is 1. The molecule has 1 aliphatic rings. The number of rotatable bonds is 2. The standard InChI is InChI=1S/C15H13N3O2/c19-15(20)14-7-13(17-18-14)8-4-5-12-10(6-8)9-2-1-3-11(9)16-12/h4-7,16H,1-3H2,(H,17,18)(H,19,20). The predicted octanol–water partition coefficient (Wildman–Crippen LogP) is 2.74. The average Bonchev–Trinajstić information content (AvgIpc) is 3.13. The van der Waals surface area contributed by atoms with Crippen LogP contribution in [0.25, 0.3) is 22.2 Å². The third-order valence-electron chi connectivity index (χ3n) is 3.95. The van der Waals surface area contributed by atoms with Gasteiger partial charge in [0.15, 0.2) is 0 Å². The van der Waals surface area contributed by atoms with Gasteiger partial charge in [0.25, 0.3) is 0 Å². The van der Waals surface area contributed by atoms with Crippen molar-refractivity contribution in [2.45, 2.75) is 19.3 Å². The average molecular weight is 267 g/mol. The van der Waals surface area contributed by atoms with E-state index in [4.69, 9.17) is 5.11 Å². The first-order chi connectivity index (χ1) is 9.72. The number of carboxylic acids is 1. The Morgan fingerprint density at radius 3 is 2.95 bits per heavy atom. The number of hydrogen-bond donors (Lipinski definition) is 3. The van der Waals surface area contributed by atoms with E-state index in [-0.39, 0.29) is 5.69 Å². The zero-order chi connectivity index (χ0) is 13.7. The van der Waals surface area contributed by atoms with Gasteiger partial charge >= 0.3 is 5.97 Å². The van der Waals surface area contributed by atoms with Crippen molar-refractivity contribution in [3.8, 4) is 11.3 Å². The summed E-state index contributed by atoms with van der Waals surface area (Å²) in [6, 6.07) is 7.67. The molecule has 5 heteroatoms. The highest BCUT2D eigenvalue weighted by molar-refractivity contribution is 5.90. The summed E-state index contributed by atoms with van der Waals surface area (Å²) in [6.07, 6.45) is 3.43. The number of H-pyrrole nitrogens is 2. The molecule has 3 N–H and O–H groups in total. The predicted molar refractivity (Wildman–Crippen MR) is 74.9 cm³/mol. The van der Waals surface area contributed by atoms with E-state index in [1.54, 1.807) is 6.07 Å². The summed E-state index contributed by atoms with van der Waals surface area (Å²) in [5.74, 6) is -0.993. The van der Waals surface area contributed by atoms with E-state index in [0.717, 1.165) is 23.9 Å². The largest absolute Gasteiger partial charge is 0.477 e. The molecule has 0 spiro atoms. The molecule has 2 aromatic heterocycles. The number of nitrogens with one attached hydrogen (secondary N) is 2. The van der Waals surface area contributed by atoms with E-state index < -0.39 is 5.97 Å². The number of carbonyl (C=O) groups is 1. The number of carboxylic acid groups (broad SMARTS) is 1. The molecule has 0 unspecified atom stereocenters. The fraction of sp³-hybridized carbons (Fsp3) is 0.200. The second kappa shape index (κ2) is 3.96. The topological polar surface area (TPSA) is 81.8 Å². The third kappa shape index (κ3) is 1.56. The van der Waals surface area contributed by atoms with Crippen molar-refractivity contribution in [3.63, 3.8) is 0 Å². The van der Waals surface area contributed by atoms with Gasteiger partial charge in [0, 0.05) is 22.2 Å². The van der Waals surface area contributed by atoms with Gasteiger partial charge in [0.05, 0.1) is 5.69 Å². The lowest BCUT2D eigenvalue weighted by Gasteiger charge is -1.99. The quantitative estimate of drug-likeness (QED) is 0.667. The van der Waals surface area contributed by atoms with Crippen molar-refractivity contribution in [2.24, 2.45) is 0 Å². The van der Waals surface area contributed by atoms with Gasteiger partial charge in [-0.1, -0.05) is 6.07 Å². The summed E-state index contributed by atoms with van der Waals surface area (Å²) in [6.45, 7) is 0. The Morgan fingerprint density at radius 2 is 2.15 bits per heavy atom. The molecule has 1 aliphatic carbocycles. The van der Waals surface area contributed by atoms with Gasteiger partial charge in [-0.2, -0.15) is 5.10 Å². The van der Waals surface area contributed by atoms with Gasteiger partial charge < -0.3 is 10.1 Å². The highest BCUT2D eigenvalue weighted by Gasteiger charge is 2.17. The summed E-state index contributed by atoms with van der Waals surface area (Å²) in [5.41, 5.74) is 5.60. The summed E-state index contributed by atoms with van der Waals surface area (Å²) < 4.78 is 0. The smallest absolute Gasteiger partial charge is 0.353 e. The van der Waals surface area contributed by atoms with Crippen LogP contribution in [-0.2, 0) is 12.8 Å². The molecule has 3 aromatic rings. The maximum atomic E-state index is 10.9. The molecule has 0 saturated heterocycles. The first-order valence-electron chi connectivity index (χ1n) is 6.65. The lowest BCUT2D eigenvalue weighted by Crippen LogP contribution is -1.95. The van der Waals surface area contributed by atoms with Crippen molar-refractivity contribution < 1.29 is 9.90 Å². The zero-order valence-corrected chi connectivity index (χ0v) is 10.7. The van der Waals surface area contributed by atoms with Crippen molar-refractivity contribution >= 4 is 16.9 Å². The van der Waals surface area contributed by atoms with Crippen LogP contribution in [0.2, 0.25) is 0 Å². The second-order valence-electron chi connectivity index (χ2n) is 5.17. The van der Waals surface area contributed by atoms with Crippen molar-refractivity contribution in [1.82, 2.24) is 15.2 Å². The SMILES string of the molecule is O=C(O)c1cc(-c2ccc3[nH]c4c(c3c2)CCC4)n[nH]1. The van der Waals surface area contributed by atoms with E-state index in [2.05, 4.69) is 21.2 Å². The van der Waals surface area contributed by atoms with Gasteiger partial charge in [-0.25, -0.2) is 4.79 Å². The Balaban J connectivity index is 1.85. The van der Waals surface area contributed by atoms with Crippen LogP contribution in [0.1, 0.15) is 28.2 Å². The molecule has 5 nitrogen and oxygen atoms in total. The lowest BCUT2D eigenvalue weighted by molar-refractivity contribution is 0.0690. The molecule has 4 rings (SSSR count). The van der Waals surface area contributed by atoms with E-state index in [9.17, 15) is 4.79 Å². The van der Waals surface area contributed by atoms with Crippen LogP contribution in [0, 0.1) is 0 Å². The fourth-order valence-electron chi connectivity index (χ4n) is 2.98. The van der Waals surface area contributed by atoms with E-state index >= 15 is 0 Å². The maximum absolute atomic E-state index is 10.9. The number of hydrogen-bond acceptors (Lipinski definition) is 2. The normalized spacial score (nSPS) is 13.8. The molecule has 20 heavy (non-hydrogen) atoms. The summed E-state index contributed by atoms with van der Waals surface area (Å²) in [5, 5.41) is 16.8. The van der Waals surface area contributed by atoms with Gasteiger partial charge in [-0.05, 0) is 43.0 Å². The highest BCUT2D eigenvalue weighted by Crippen LogP contribution is 2.32. The Labute approximate surface area is 114 Å². The minimum Gasteiger partial charge on any atom is -0.477 e. The van der Waals surface area contributed by atoms with Crippen molar-refractivity contribution in [1.29, 1.82) is 0 Å². The number of aromatic carboxylic acids is 1. The number of fused-ring (bicyclic) bond motifs is 3. The molecule has 2 heterocycles. The lowest BCUT2D eigenvalue weighted by atomic mass is 10.1. The molecule has 0 atom stereocenters. The molecule has 100 valence electrons. The van der Waals surface area contributed by atoms with E-state index in [0.29, 0.717) is 5.69 Å². The molecular formula is C15H13N3O2. The summed E-state index contributed by atoms with van der Waals surface area (Å²) in [4.78, 5) is 14.3. The van der Waals surface area contributed by atoms with Crippen LogP contribution in [0.3, 0.4) is 0 Å². The molecule has 0 saturated carbocycles. The second-order valence-corrected chi connectivity index (χ2v) is 5.17. The minimum absolute atomic E-state index is 0.111. The molecule has 0 bridgehead atoms. The maximum Gasteiger partial charge on any atom is 0.353 e. The Morgan fingerprint density at radius 1 is 1.25 bits per heavy atom. The Bertz CT molecular complexity index is 829. The van der Waals surface area contributed by atoms with Gasteiger partial charge in [0.1, 0.15) is 5.69 Å². The van der Waals surface area contributed by atoms with Gasteiger partial charge in [-0.3, -0.25) is 5.10 Å². The van der Waals surface area contributed by atoms with Crippen molar-refractivity contribution in [3.05, 3.63) is 41.2 Å². The van der Waals surface area contributed by atoms with Crippen LogP contribution >= 0.6 is 0 Å². The van der Waals surface area contributed by atoms with Crippen LogP contribution in [0.15, 0.2) is 24.3 Å². The Kier molecular flexibility index (Phi) is 2.24. The Hall–Kier alpha value is -2.56. The fourth-order valence-corrected chi connectivity index (χ4v) is 2.98. The van der Waals surface area contributed by atoms with E-state index in [1.807, 2.05) is 12.1 Å².